The van der Waals surface area contributed by atoms with Crippen molar-refractivity contribution >= 4 is 15.8 Å². The highest BCUT2D eigenvalue weighted by molar-refractivity contribution is 7.90. The molecular formula is C13H16F3N3O2S. The van der Waals surface area contributed by atoms with E-state index in [1.54, 1.807) is 0 Å². The number of hydrogen-bond donors (Lipinski definition) is 2. The number of rotatable bonds is 3. The van der Waals surface area contributed by atoms with Crippen molar-refractivity contribution in [3.63, 3.8) is 0 Å². The van der Waals surface area contributed by atoms with Crippen molar-refractivity contribution in [1.82, 2.24) is 10.6 Å². The fraction of sp³-hybridized carbons (Fsp3) is 0.462. The third-order valence-electron chi connectivity index (χ3n) is 3.11. The van der Waals surface area contributed by atoms with E-state index in [0.29, 0.717) is 18.1 Å². The van der Waals surface area contributed by atoms with Gasteiger partial charge in [0.2, 0.25) is 0 Å². The Morgan fingerprint density at radius 2 is 2.09 bits per heavy atom. The maximum atomic E-state index is 13.0. The molecule has 0 amide bonds. The van der Waals surface area contributed by atoms with Crippen LogP contribution in [0.4, 0.5) is 13.2 Å². The van der Waals surface area contributed by atoms with E-state index in [-0.39, 0.29) is 6.54 Å². The molecule has 1 aliphatic rings. The first-order chi connectivity index (χ1) is 10.2. The van der Waals surface area contributed by atoms with Crippen LogP contribution in [0.1, 0.15) is 17.5 Å². The van der Waals surface area contributed by atoms with Gasteiger partial charge in [-0.3, -0.25) is 4.99 Å². The molecule has 1 aliphatic heterocycles. The SMILES string of the molecule is CS(=O)(=O)c1ccc(CNC2=NCCCN2)cc1C(F)(F)F. The van der Waals surface area contributed by atoms with E-state index in [2.05, 4.69) is 15.6 Å². The summed E-state index contributed by atoms with van der Waals surface area (Å²) in [5, 5.41) is 5.89. The lowest BCUT2D eigenvalue weighted by atomic mass is 10.1. The van der Waals surface area contributed by atoms with Gasteiger partial charge in [-0.25, -0.2) is 8.42 Å². The van der Waals surface area contributed by atoms with E-state index >= 15 is 0 Å². The first-order valence-electron chi connectivity index (χ1n) is 6.60. The van der Waals surface area contributed by atoms with Gasteiger partial charge in [0, 0.05) is 25.9 Å². The average molecular weight is 335 g/mol. The molecular weight excluding hydrogens is 319 g/mol. The largest absolute Gasteiger partial charge is 0.417 e. The number of halogens is 3. The van der Waals surface area contributed by atoms with Crippen LogP contribution in [0.3, 0.4) is 0 Å². The molecule has 2 N–H and O–H groups in total. The van der Waals surface area contributed by atoms with Gasteiger partial charge in [-0.05, 0) is 24.1 Å². The average Bonchev–Trinajstić information content (AvgIpc) is 2.44. The summed E-state index contributed by atoms with van der Waals surface area (Å²) in [5.41, 5.74) is -0.817. The lowest BCUT2D eigenvalue weighted by Crippen LogP contribution is -2.40. The second-order valence-corrected chi connectivity index (χ2v) is 6.95. The van der Waals surface area contributed by atoms with Gasteiger partial charge in [0.15, 0.2) is 15.8 Å². The summed E-state index contributed by atoms with van der Waals surface area (Å²) in [5.74, 6) is 0.534. The molecule has 0 spiro atoms. The van der Waals surface area contributed by atoms with E-state index in [1.807, 2.05) is 0 Å². The smallest absolute Gasteiger partial charge is 0.356 e. The lowest BCUT2D eigenvalue weighted by Gasteiger charge is -2.17. The minimum atomic E-state index is -4.73. The van der Waals surface area contributed by atoms with Crippen LogP contribution in [-0.2, 0) is 22.6 Å². The Hall–Kier alpha value is -1.77. The third-order valence-corrected chi connectivity index (χ3v) is 4.26. The van der Waals surface area contributed by atoms with Gasteiger partial charge in [-0.2, -0.15) is 13.2 Å². The molecule has 0 aromatic heterocycles. The molecule has 9 heteroatoms. The van der Waals surface area contributed by atoms with E-state index in [4.69, 9.17) is 0 Å². The number of benzene rings is 1. The van der Waals surface area contributed by atoms with E-state index in [0.717, 1.165) is 31.4 Å². The predicted octanol–water partition coefficient (Wildman–Crippen LogP) is 1.55. The van der Waals surface area contributed by atoms with Crippen LogP contribution >= 0.6 is 0 Å². The molecule has 1 aromatic carbocycles. The van der Waals surface area contributed by atoms with Gasteiger partial charge >= 0.3 is 6.18 Å². The highest BCUT2D eigenvalue weighted by Crippen LogP contribution is 2.34. The molecule has 0 fully saturated rings. The highest BCUT2D eigenvalue weighted by Gasteiger charge is 2.36. The maximum Gasteiger partial charge on any atom is 0.417 e. The molecule has 1 heterocycles. The van der Waals surface area contributed by atoms with Crippen molar-refractivity contribution in [3.05, 3.63) is 29.3 Å². The summed E-state index contributed by atoms with van der Waals surface area (Å²) in [6, 6.07) is 3.21. The maximum absolute atomic E-state index is 13.0. The van der Waals surface area contributed by atoms with Crippen LogP contribution < -0.4 is 10.6 Å². The number of sulfone groups is 1. The summed E-state index contributed by atoms with van der Waals surface area (Å²) >= 11 is 0. The minimum Gasteiger partial charge on any atom is -0.356 e. The Morgan fingerprint density at radius 3 is 2.64 bits per heavy atom. The normalized spacial score (nSPS) is 15.9. The number of hydrogen-bond acceptors (Lipinski definition) is 5. The molecule has 0 saturated heterocycles. The fourth-order valence-electron chi connectivity index (χ4n) is 2.07. The number of aliphatic imine (C=N–C) groups is 1. The molecule has 1 aromatic rings. The van der Waals surface area contributed by atoms with Gasteiger partial charge in [-0.15, -0.1) is 0 Å². The van der Waals surface area contributed by atoms with Crippen molar-refractivity contribution in [2.75, 3.05) is 19.3 Å². The Bertz CT molecular complexity index is 684. The van der Waals surface area contributed by atoms with E-state index < -0.39 is 26.5 Å². The lowest BCUT2D eigenvalue weighted by molar-refractivity contribution is -0.139. The van der Waals surface area contributed by atoms with Crippen LogP contribution in [0.5, 0.6) is 0 Å². The second-order valence-electron chi connectivity index (χ2n) is 4.96. The van der Waals surface area contributed by atoms with Crippen molar-refractivity contribution in [1.29, 1.82) is 0 Å². The highest BCUT2D eigenvalue weighted by atomic mass is 32.2. The van der Waals surface area contributed by atoms with Gasteiger partial charge < -0.3 is 10.6 Å². The molecule has 22 heavy (non-hydrogen) atoms. The molecule has 0 unspecified atom stereocenters. The first-order valence-corrected chi connectivity index (χ1v) is 8.49. The van der Waals surface area contributed by atoms with Gasteiger partial charge in [0.05, 0.1) is 10.5 Å². The summed E-state index contributed by atoms with van der Waals surface area (Å²) in [6.07, 6.45) is -3.06. The van der Waals surface area contributed by atoms with Crippen LogP contribution in [0.25, 0.3) is 0 Å². The topological polar surface area (TPSA) is 70.6 Å². The quantitative estimate of drug-likeness (QED) is 0.879. The minimum absolute atomic E-state index is 0.124. The zero-order chi connectivity index (χ0) is 16.4. The predicted molar refractivity (Wildman–Crippen MR) is 76.3 cm³/mol. The van der Waals surface area contributed by atoms with Crippen molar-refractivity contribution in [2.45, 2.75) is 24.0 Å². The standard InChI is InChI=1S/C13H16F3N3O2S/c1-22(20,21)11-4-3-9(7-10(11)13(14,15)16)8-19-12-17-5-2-6-18-12/h3-4,7H,2,5-6,8H2,1H3,(H2,17,18,19). The van der Waals surface area contributed by atoms with Crippen LogP contribution in [0, 0.1) is 0 Å². The summed E-state index contributed by atoms with van der Waals surface area (Å²) in [4.78, 5) is 3.44. The Balaban J connectivity index is 2.25. The van der Waals surface area contributed by atoms with Crippen LogP contribution in [0.15, 0.2) is 28.1 Å². The van der Waals surface area contributed by atoms with Crippen molar-refractivity contribution in [2.24, 2.45) is 4.99 Å². The van der Waals surface area contributed by atoms with Gasteiger partial charge in [0.1, 0.15) is 0 Å². The molecule has 0 aliphatic carbocycles. The van der Waals surface area contributed by atoms with E-state index in [9.17, 15) is 21.6 Å². The Morgan fingerprint density at radius 1 is 1.36 bits per heavy atom. The molecule has 0 bridgehead atoms. The van der Waals surface area contributed by atoms with Gasteiger partial charge in [-0.1, -0.05) is 6.07 Å². The van der Waals surface area contributed by atoms with E-state index in [1.165, 1.54) is 6.07 Å². The molecule has 2 rings (SSSR count). The number of guanidine groups is 1. The molecule has 5 nitrogen and oxygen atoms in total. The molecule has 0 saturated carbocycles. The van der Waals surface area contributed by atoms with Crippen LogP contribution in [-0.4, -0.2) is 33.7 Å². The zero-order valence-electron chi connectivity index (χ0n) is 11.9. The monoisotopic (exact) mass is 335 g/mol. The number of nitrogens with zero attached hydrogens (tertiary/aromatic N) is 1. The first kappa shape index (κ1) is 16.6. The summed E-state index contributed by atoms with van der Waals surface area (Å²) < 4.78 is 62.0. The number of alkyl halides is 3. The Kier molecular flexibility index (Phi) is 4.64. The molecule has 0 atom stereocenters. The van der Waals surface area contributed by atoms with Crippen LogP contribution in [0.2, 0.25) is 0 Å². The van der Waals surface area contributed by atoms with Crippen molar-refractivity contribution < 1.29 is 21.6 Å². The Labute approximate surface area is 126 Å². The summed E-state index contributed by atoms with van der Waals surface area (Å²) in [6.45, 7) is 1.54. The zero-order valence-corrected chi connectivity index (χ0v) is 12.7. The van der Waals surface area contributed by atoms with Gasteiger partial charge in [0.25, 0.3) is 0 Å². The number of nitrogens with one attached hydrogen (secondary N) is 2. The molecule has 0 radical (unpaired) electrons. The third kappa shape index (κ3) is 4.12. The molecule has 122 valence electrons. The summed E-state index contributed by atoms with van der Waals surface area (Å²) in [7, 11) is -3.95. The fourth-order valence-corrected chi connectivity index (χ4v) is 2.96. The van der Waals surface area contributed by atoms with Crippen molar-refractivity contribution in [3.8, 4) is 0 Å². The second kappa shape index (κ2) is 6.15.